The summed E-state index contributed by atoms with van der Waals surface area (Å²) in [4.78, 5) is 2.37. The van der Waals surface area contributed by atoms with Crippen LogP contribution in [0.15, 0.2) is 0 Å². The fourth-order valence-electron chi connectivity index (χ4n) is 2.09. The molecule has 0 spiro atoms. The Morgan fingerprint density at radius 1 is 1.36 bits per heavy atom. The zero-order valence-electron chi connectivity index (χ0n) is 8.15. The van der Waals surface area contributed by atoms with Gasteiger partial charge in [-0.15, -0.1) is 0 Å². The Morgan fingerprint density at radius 3 is 2.18 bits per heavy atom. The van der Waals surface area contributed by atoms with Gasteiger partial charge in [0.2, 0.25) is 0 Å². The first-order chi connectivity index (χ1) is 5.09. The highest BCUT2D eigenvalue weighted by atomic mass is 15.2. The van der Waals surface area contributed by atoms with E-state index < -0.39 is 0 Å². The van der Waals surface area contributed by atoms with Crippen LogP contribution < -0.4 is 5.32 Å². The quantitative estimate of drug-likeness (QED) is 0.640. The minimum absolute atomic E-state index is 0.417. The van der Waals surface area contributed by atoms with Crippen molar-refractivity contribution in [3.05, 3.63) is 0 Å². The summed E-state index contributed by atoms with van der Waals surface area (Å²) in [6, 6.07) is 0. The standard InChI is InChI=1S/C9H20N2/c1-8(2)9(11(3)4)5-6-10-7-9/h8,10H,5-7H2,1-4H3/t9-/m0/s1. The van der Waals surface area contributed by atoms with Crippen molar-refractivity contribution in [2.24, 2.45) is 5.92 Å². The summed E-state index contributed by atoms with van der Waals surface area (Å²) in [6.07, 6.45) is 1.29. The first-order valence-corrected chi connectivity index (χ1v) is 4.48. The molecule has 0 saturated carbocycles. The molecule has 1 fully saturated rings. The second kappa shape index (κ2) is 3.11. The van der Waals surface area contributed by atoms with E-state index in [0.717, 1.165) is 12.5 Å². The average Bonchev–Trinajstić information content (AvgIpc) is 2.34. The number of hydrogen-bond acceptors (Lipinski definition) is 2. The second-order valence-electron chi connectivity index (χ2n) is 4.08. The molecular formula is C9H20N2. The van der Waals surface area contributed by atoms with Crippen LogP contribution in [-0.4, -0.2) is 37.6 Å². The molecule has 0 unspecified atom stereocenters. The first kappa shape index (κ1) is 9.01. The van der Waals surface area contributed by atoms with Crippen molar-refractivity contribution in [3.63, 3.8) is 0 Å². The molecule has 2 nitrogen and oxygen atoms in total. The summed E-state index contributed by atoms with van der Waals surface area (Å²) in [6.45, 7) is 6.95. The van der Waals surface area contributed by atoms with Gasteiger partial charge in [-0.2, -0.15) is 0 Å². The molecule has 1 aliphatic heterocycles. The summed E-state index contributed by atoms with van der Waals surface area (Å²) >= 11 is 0. The topological polar surface area (TPSA) is 15.3 Å². The van der Waals surface area contributed by atoms with Gasteiger partial charge in [0.25, 0.3) is 0 Å². The molecule has 1 saturated heterocycles. The van der Waals surface area contributed by atoms with Gasteiger partial charge in [0, 0.05) is 12.1 Å². The van der Waals surface area contributed by atoms with Crippen LogP contribution in [0.4, 0.5) is 0 Å². The molecule has 0 aromatic heterocycles. The molecule has 1 rings (SSSR count). The second-order valence-corrected chi connectivity index (χ2v) is 4.08. The third-order valence-electron chi connectivity index (χ3n) is 3.13. The molecular weight excluding hydrogens is 136 g/mol. The summed E-state index contributed by atoms with van der Waals surface area (Å²) in [5, 5.41) is 3.43. The SMILES string of the molecule is CC(C)[C@]1(N(C)C)CCNC1. The third-order valence-corrected chi connectivity index (χ3v) is 3.13. The molecule has 0 aliphatic carbocycles. The van der Waals surface area contributed by atoms with Gasteiger partial charge in [0.1, 0.15) is 0 Å². The van der Waals surface area contributed by atoms with Crippen LogP contribution in [0, 0.1) is 5.92 Å². The molecule has 2 heteroatoms. The largest absolute Gasteiger partial charge is 0.315 e. The van der Waals surface area contributed by atoms with E-state index in [1.54, 1.807) is 0 Å². The maximum atomic E-state index is 3.43. The maximum absolute atomic E-state index is 3.43. The minimum atomic E-state index is 0.417. The molecule has 1 aliphatic rings. The maximum Gasteiger partial charge on any atom is 0.0362 e. The van der Waals surface area contributed by atoms with Gasteiger partial charge < -0.3 is 10.2 Å². The molecule has 0 aromatic rings. The lowest BCUT2D eigenvalue weighted by Gasteiger charge is -2.39. The number of nitrogens with zero attached hydrogens (tertiary/aromatic N) is 1. The third kappa shape index (κ3) is 1.42. The van der Waals surface area contributed by atoms with E-state index in [2.05, 4.69) is 38.2 Å². The Hall–Kier alpha value is -0.0800. The van der Waals surface area contributed by atoms with Crippen molar-refractivity contribution in [3.8, 4) is 0 Å². The predicted molar refractivity (Wildman–Crippen MR) is 48.7 cm³/mol. The van der Waals surface area contributed by atoms with E-state index in [4.69, 9.17) is 0 Å². The van der Waals surface area contributed by atoms with Gasteiger partial charge in [-0.05, 0) is 33.0 Å². The predicted octanol–water partition coefficient (Wildman–Crippen LogP) is 0.936. The Balaban J connectivity index is 2.70. The Labute approximate surface area is 70.0 Å². The van der Waals surface area contributed by atoms with Crippen LogP contribution in [0.5, 0.6) is 0 Å². The lowest BCUT2D eigenvalue weighted by Crippen LogP contribution is -2.50. The van der Waals surface area contributed by atoms with Crippen molar-refractivity contribution in [2.45, 2.75) is 25.8 Å². The van der Waals surface area contributed by atoms with E-state index in [-0.39, 0.29) is 0 Å². The highest BCUT2D eigenvalue weighted by molar-refractivity contribution is 4.97. The van der Waals surface area contributed by atoms with Crippen LogP contribution in [0.25, 0.3) is 0 Å². The molecule has 66 valence electrons. The molecule has 1 heterocycles. The fraction of sp³-hybridized carbons (Fsp3) is 1.00. The van der Waals surface area contributed by atoms with Gasteiger partial charge in [0.05, 0.1) is 0 Å². The number of likely N-dealkylation sites (N-methyl/N-ethyl adjacent to an activating group) is 1. The Morgan fingerprint density at radius 2 is 2.00 bits per heavy atom. The number of nitrogens with one attached hydrogen (secondary N) is 1. The van der Waals surface area contributed by atoms with Crippen LogP contribution >= 0.6 is 0 Å². The number of rotatable bonds is 2. The summed E-state index contributed by atoms with van der Waals surface area (Å²) in [7, 11) is 4.38. The van der Waals surface area contributed by atoms with Crippen LogP contribution in [0.3, 0.4) is 0 Å². The van der Waals surface area contributed by atoms with Gasteiger partial charge in [0.15, 0.2) is 0 Å². The Bertz CT molecular complexity index is 114. The highest BCUT2D eigenvalue weighted by Gasteiger charge is 2.38. The lowest BCUT2D eigenvalue weighted by molar-refractivity contribution is 0.116. The highest BCUT2D eigenvalue weighted by Crippen LogP contribution is 2.28. The molecule has 0 amide bonds. The molecule has 0 radical (unpaired) electrons. The van der Waals surface area contributed by atoms with Crippen LogP contribution in [-0.2, 0) is 0 Å². The lowest BCUT2D eigenvalue weighted by atomic mass is 9.84. The Kier molecular flexibility index (Phi) is 2.55. The van der Waals surface area contributed by atoms with Gasteiger partial charge in [-0.1, -0.05) is 13.8 Å². The number of hydrogen-bond donors (Lipinski definition) is 1. The zero-order valence-corrected chi connectivity index (χ0v) is 8.15. The molecule has 0 bridgehead atoms. The van der Waals surface area contributed by atoms with E-state index in [9.17, 15) is 0 Å². The molecule has 11 heavy (non-hydrogen) atoms. The van der Waals surface area contributed by atoms with E-state index in [0.29, 0.717) is 5.54 Å². The van der Waals surface area contributed by atoms with Crippen molar-refractivity contribution in [1.82, 2.24) is 10.2 Å². The van der Waals surface area contributed by atoms with Crippen molar-refractivity contribution in [1.29, 1.82) is 0 Å². The van der Waals surface area contributed by atoms with Gasteiger partial charge >= 0.3 is 0 Å². The normalized spacial score (nSPS) is 32.2. The fourth-order valence-corrected chi connectivity index (χ4v) is 2.09. The van der Waals surface area contributed by atoms with E-state index >= 15 is 0 Å². The van der Waals surface area contributed by atoms with Gasteiger partial charge in [-0.3, -0.25) is 0 Å². The van der Waals surface area contributed by atoms with Crippen LogP contribution in [0.1, 0.15) is 20.3 Å². The average molecular weight is 156 g/mol. The summed E-state index contributed by atoms with van der Waals surface area (Å²) < 4.78 is 0. The summed E-state index contributed by atoms with van der Waals surface area (Å²) in [5.74, 6) is 0.743. The van der Waals surface area contributed by atoms with Crippen molar-refractivity contribution < 1.29 is 0 Å². The molecule has 0 aromatic carbocycles. The van der Waals surface area contributed by atoms with Crippen LogP contribution in [0.2, 0.25) is 0 Å². The zero-order chi connectivity index (χ0) is 8.48. The molecule has 1 N–H and O–H groups in total. The first-order valence-electron chi connectivity index (χ1n) is 4.48. The van der Waals surface area contributed by atoms with Crippen molar-refractivity contribution >= 4 is 0 Å². The van der Waals surface area contributed by atoms with E-state index in [1.807, 2.05) is 0 Å². The smallest absolute Gasteiger partial charge is 0.0362 e. The molecule has 1 atom stereocenters. The van der Waals surface area contributed by atoms with Gasteiger partial charge in [-0.25, -0.2) is 0 Å². The van der Waals surface area contributed by atoms with Crippen molar-refractivity contribution in [2.75, 3.05) is 27.2 Å². The summed E-state index contributed by atoms with van der Waals surface area (Å²) in [5.41, 5.74) is 0.417. The van der Waals surface area contributed by atoms with E-state index in [1.165, 1.54) is 13.0 Å². The minimum Gasteiger partial charge on any atom is -0.315 e. The monoisotopic (exact) mass is 156 g/mol.